The van der Waals surface area contributed by atoms with Gasteiger partial charge >= 0.3 is 0 Å². The summed E-state index contributed by atoms with van der Waals surface area (Å²) in [5.41, 5.74) is 7.47. The first-order chi connectivity index (χ1) is 9.26. The lowest BCUT2D eigenvalue weighted by Gasteiger charge is -2.28. The zero-order valence-corrected chi connectivity index (χ0v) is 12.9. The second-order valence-corrected chi connectivity index (χ2v) is 4.82. The van der Waals surface area contributed by atoms with Gasteiger partial charge in [0.15, 0.2) is 11.5 Å². The van der Waals surface area contributed by atoms with Gasteiger partial charge in [0.2, 0.25) is 0 Å². The van der Waals surface area contributed by atoms with E-state index in [4.69, 9.17) is 19.9 Å². The van der Waals surface area contributed by atoms with E-state index in [-0.39, 0.29) is 18.4 Å². The van der Waals surface area contributed by atoms with Crippen molar-refractivity contribution in [3.05, 3.63) is 23.8 Å². The predicted molar refractivity (Wildman–Crippen MR) is 81.9 cm³/mol. The molecule has 0 spiro atoms. The van der Waals surface area contributed by atoms with Gasteiger partial charge in [0.05, 0.1) is 13.7 Å². The van der Waals surface area contributed by atoms with E-state index in [2.05, 4.69) is 0 Å². The summed E-state index contributed by atoms with van der Waals surface area (Å²) in [7, 11) is 1.65. The van der Waals surface area contributed by atoms with E-state index in [1.54, 1.807) is 7.11 Å². The lowest BCUT2D eigenvalue weighted by atomic mass is 9.88. The van der Waals surface area contributed by atoms with Crippen molar-refractivity contribution in [1.82, 2.24) is 0 Å². The zero-order chi connectivity index (χ0) is 13.7. The quantitative estimate of drug-likeness (QED) is 0.908. The minimum atomic E-state index is 0. The van der Waals surface area contributed by atoms with Crippen LogP contribution < -0.4 is 15.2 Å². The lowest BCUT2D eigenvalue weighted by Crippen LogP contribution is -2.27. The highest BCUT2D eigenvalue weighted by atomic mass is 35.5. The maximum absolute atomic E-state index is 6.37. The van der Waals surface area contributed by atoms with E-state index in [1.807, 2.05) is 25.1 Å². The summed E-state index contributed by atoms with van der Waals surface area (Å²) < 4.78 is 16.3. The standard InChI is InChI=1S/C15H23NO3.ClH/c1-3-19-13-5-4-12(10-14(13)17-2)15(16)11-6-8-18-9-7-11;/h4-5,10-11,15H,3,6-9,16H2,1-2H3;1H/t15-;/m1./s1. The lowest BCUT2D eigenvalue weighted by molar-refractivity contribution is 0.0583. The van der Waals surface area contributed by atoms with Crippen LogP contribution in [0.1, 0.15) is 31.4 Å². The molecule has 4 nitrogen and oxygen atoms in total. The van der Waals surface area contributed by atoms with E-state index in [0.717, 1.165) is 43.1 Å². The number of benzene rings is 1. The molecule has 2 N–H and O–H groups in total. The number of nitrogens with two attached hydrogens (primary N) is 1. The first-order valence-corrected chi connectivity index (χ1v) is 6.90. The van der Waals surface area contributed by atoms with Gasteiger partial charge in [-0.15, -0.1) is 12.4 Å². The topological polar surface area (TPSA) is 53.7 Å². The molecule has 1 aliphatic heterocycles. The third-order valence-electron chi connectivity index (χ3n) is 3.65. The van der Waals surface area contributed by atoms with Crippen LogP contribution in [-0.2, 0) is 4.74 Å². The molecule has 1 aromatic rings. The molecule has 1 fully saturated rings. The van der Waals surface area contributed by atoms with Crippen molar-refractivity contribution in [2.75, 3.05) is 26.9 Å². The Morgan fingerprint density at radius 1 is 1.30 bits per heavy atom. The molecule has 20 heavy (non-hydrogen) atoms. The fourth-order valence-corrected chi connectivity index (χ4v) is 2.51. The average molecular weight is 302 g/mol. The van der Waals surface area contributed by atoms with Crippen molar-refractivity contribution in [2.24, 2.45) is 11.7 Å². The van der Waals surface area contributed by atoms with Gasteiger partial charge in [-0.1, -0.05) is 6.07 Å². The molecule has 0 aliphatic carbocycles. The Morgan fingerprint density at radius 2 is 2.00 bits per heavy atom. The number of rotatable bonds is 5. The highest BCUT2D eigenvalue weighted by molar-refractivity contribution is 5.85. The molecule has 5 heteroatoms. The number of hydrogen-bond donors (Lipinski definition) is 1. The Balaban J connectivity index is 0.00000200. The van der Waals surface area contributed by atoms with Gasteiger partial charge in [-0.2, -0.15) is 0 Å². The Bertz CT molecular complexity index is 408. The molecule has 2 rings (SSSR count). The zero-order valence-electron chi connectivity index (χ0n) is 12.1. The first kappa shape index (κ1) is 17.1. The Morgan fingerprint density at radius 3 is 2.60 bits per heavy atom. The minimum absolute atomic E-state index is 0. The van der Waals surface area contributed by atoms with Crippen LogP contribution in [0.4, 0.5) is 0 Å². The van der Waals surface area contributed by atoms with Crippen LogP contribution in [0.25, 0.3) is 0 Å². The molecule has 0 aromatic heterocycles. The van der Waals surface area contributed by atoms with E-state index < -0.39 is 0 Å². The third kappa shape index (κ3) is 4.01. The van der Waals surface area contributed by atoms with Crippen LogP contribution in [0.5, 0.6) is 11.5 Å². The van der Waals surface area contributed by atoms with E-state index in [0.29, 0.717) is 12.5 Å². The van der Waals surface area contributed by atoms with Crippen molar-refractivity contribution in [2.45, 2.75) is 25.8 Å². The van der Waals surface area contributed by atoms with Gasteiger partial charge in [-0.05, 0) is 43.4 Å². The molecule has 0 unspecified atom stereocenters. The Kier molecular flexibility index (Phi) is 7.13. The fraction of sp³-hybridized carbons (Fsp3) is 0.600. The normalized spacial score (nSPS) is 17.1. The molecule has 0 saturated carbocycles. The number of hydrogen-bond acceptors (Lipinski definition) is 4. The minimum Gasteiger partial charge on any atom is -0.493 e. The van der Waals surface area contributed by atoms with Crippen LogP contribution in [0.2, 0.25) is 0 Å². The van der Waals surface area contributed by atoms with Crippen molar-refractivity contribution in [3.8, 4) is 11.5 Å². The molecule has 1 aliphatic rings. The summed E-state index contributed by atoms with van der Waals surface area (Å²) >= 11 is 0. The van der Waals surface area contributed by atoms with Gasteiger partial charge in [-0.25, -0.2) is 0 Å². The predicted octanol–water partition coefficient (Wildman–Crippen LogP) is 2.94. The molecule has 1 heterocycles. The van der Waals surface area contributed by atoms with Gasteiger partial charge in [0, 0.05) is 19.3 Å². The smallest absolute Gasteiger partial charge is 0.161 e. The second-order valence-electron chi connectivity index (χ2n) is 4.82. The fourth-order valence-electron chi connectivity index (χ4n) is 2.51. The molecule has 0 bridgehead atoms. The molecule has 1 aromatic carbocycles. The van der Waals surface area contributed by atoms with Crippen molar-refractivity contribution >= 4 is 12.4 Å². The monoisotopic (exact) mass is 301 g/mol. The van der Waals surface area contributed by atoms with Crippen molar-refractivity contribution < 1.29 is 14.2 Å². The van der Waals surface area contributed by atoms with E-state index >= 15 is 0 Å². The summed E-state index contributed by atoms with van der Waals surface area (Å²) in [5, 5.41) is 0. The molecule has 0 radical (unpaired) electrons. The van der Waals surface area contributed by atoms with Crippen LogP contribution in [-0.4, -0.2) is 26.9 Å². The maximum Gasteiger partial charge on any atom is 0.161 e. The van der Waals surface area contributed by atoms with Gasteiger partial charge < -0.3 is 19.9 Å². The maximum atomic E-state index is 6.37. The number of methoxy groups -OCH3 is 1. The van der Waals surface area contributed by atoms with Gasteiger partial charge in [0.1, 0.15) is 0 Å². The second kappa shape index (κ2) is 8.35. The molecule has 0 amide bonds. The summed E-state index contributed by atoms with van der Waals surface area (Å²) in [6, 6.07) is 6.00. The van der Waals surface area contributed by atoms with Gasteiger partial charge in [0.25, 0.3) is 0 Å². The average Bonchev–Trinajstić information content (AvgIpc) is 2.48. The van der Waals surface area contributed by atoms with Crippen LogP contribution in [0.15, 0.2) is 18.2 Å². The summed E-state index contributed by atoms with van der Waals surface area (Å²) in [6.07, 6.45) is 2.05. The number of ether oxygens (including phenoxy) is 3. The summed E-state index contributed by atoms with van der Waals surface area (Å²) in [4.78, 5) is 0. The Labute approximate surface area is 127 Å². The van der Waals surface area contributed by atoms with E-state index in [9.17, 15) is 0 Å². The SMILES string of the molecule is CCOc1ccc([C@H](N)C2CCOCC2)cc1OC.Cl. The van der Waals surface area contributed by atoms with Crippen molar-refractivity contribution in [3.63, 3.8) is 0 Å². The largest absolute Gasteiger partial charge is 0.493 e. The molecular weight excluding hydrogens is 278 g/mol. The van der Waals surface area contributed by atoms with Crippen LogP contribution >= 0.6 is 12.4 Å². The Hall–Kier alpha value is -0.970. The summed E-state index contributed by atoms with van der Waals surface area (Å²) in [6.45, 7) is 4.21. The highest BCUT2D eigenvalue weighted by Gasteiger charge is 2.23. The van der Waals surface area contributed by atoms with Crippen LogP contribution in [0, 0.1) is 5.92 Å². The number of halogens is 1. The molecule has 1 atom stereocenters. The van der Waals surface area contributed by atoms with Gasteiger partial charge in [-0.3, -0.25) is 0 Å². The van der Waals surface area contributed by atoms with E-state index in [1.165, 1.54) is 0 Å². The molecular formula is C15H24ClNO3. The molecule has 114 valence electrons. The summed E-state index contributed by atoms with van der Waals surface area (Å²) in [5.74, 6) is 2.01. The molecule has 1 saturated heterocycles. The first-order valence-electron chi connectivity index (χ1n) is 6.90. The van der Waals surface area contributed by atoms with Crippen LogP contribution in [0.3, 0.4) is 0 Å². The third-order valence-corrected chi connectivity index (χ3v) is 3.65. The highest BCUT2D eigenvalue weighted by Crippen LogP contribution is 2.34. The van der Waals surface area contributed by atoms with Crippen molar-refractivity contribution in [1.29, 1.82) is 0 Å².